The number of aryl methyl sites for hydroxylation is 2. The van der Waals surface area contributed by atoms with E-state index < -0.39 is 5.97 Å². The van der Waals surface area contributed by atoms with E-state index in [-0.39, 0.29) is 0 Å². The average molecular weight is 458 g/mol. The smallest absolute Gasteiger partial charge is 0.337 e. The molecule has 0 bridgehead atoms. The third-order valence-electron chi connectivity index (χ3n) is 5.74. The number of hydrogen-bond donors (Lipinski definition) is 2. The summed E-state index contributed by atoms with van der Waals surface area (Å²) in [5, 5.41) is 3.19. The van der Waals surface area contributed by atoms with Crippen molar-refractivity contribution in [2.75, 3.05) is 26.6 Å². The summed E-state index contributed by atoms with van der Waals surface area (Å²) in [6.07, 6.45) is 3.29. The normalized spacial score (nSPS) is 13.4. The highest BCUT2D eigenvalue weighted by molar-refractivity contribution is 6.32. The standard InChI is InChI=1S/C26H27N5O3/c1-15-5-7-16(8-6-15)23(28-2)22-19(27)11-9-18-14-29-26(31-24(18)22)30-20-12-10-17(25(32)34-4)13-21(20)33-3/h5-8,10,12-14H,9,11,27H2,1-4H3,(H,29,30,31). The fourth-order valence-electron chi connectivity index (χ4n) is 3.93. The Kier molecular flexibility index (Phi) is 6.58. The Hall–Kier alpha value is -4.20. The number of aromatic nitrogens is 2. The van der Waals surface area contributed by atoms with Crippen LogP contribution in [0, 0.1) is 6.92 Å². The van der Waals surface area contributed by atoms with Gasteiger partial charge in [0.25, 0.3) is 0 Å². The van der Waals surface area contributed by atoms with Crippen LogP contribution in [-0.2, 0) is 11.2 Å². The number of methoxy groups -OCH3 is 2. The molecule has 3 aromatic rings. The highest BCUT2D eigenvalue weighted by Crippen LogP contribution is 2.33. The van der Waals surface area contributed by atoms with Crippen LogP contribution in [0.15, 0.2) is 59.4 Å². The zero-order valence-corrected chi connectivity index (χ0v) is 19.7. The van der Waals surface area contributed by atoms with E-state index in [9.17, 15) is 4.79 Å². The monoisotopic (exact) mass is 457 g/mol. The molecule has 2 aromatic carbocycles. The van der Waals surface area contributed by atoms with Crippen molar-refractivity contribution in [3.63, 3.8) is 0 Å². The topological polar surface area (TPSA) is 112 Å². The van der Waals surface area contributed by atoms with Gasteiger partial charge in [-0.05, 0) is 43.5 Å². The van der Waals surface area contributed by atoms with Gasteiger partial charge in [-0.3, -0.25) is 4.99 Å². The van der Waals surface area contributed by atoms with Gasteiger partial charge in [0.1, 0.15) is 5.75 Å². The molecule has 1 aromatic heterocycles. The van der Waals surface area contributed by atoms with Gasteiger partial charge in [0.2, 0.25) is 5.95 Å². The van der Waals surface area contributed by atoms with Crippen LogP contribution in [0.3, 0.4) is 0 Å². The van der Waals surface area contributed by atoms with Gasteiger partial charge in [-0.2, -0.15) is 0 Å². The van der Waals surface area contributed by atoms with Gasteiger partial charge >= 0.3 is 5.97 Å². The molecule has 0 radical (unpaired) electrons. The van der Waals surface area contributed by atoms with E-state index >= 15 is 0 Å². The van der Waals surface area contributed by atoms with Crippen molar-refractivity contribution in [3.05, 3.63) is 82.3 Å². The number of nitrogens with two attached hydrogens (primary N) is 1. The molecule has 0 aliphatic heterocycles. The summed E-state index contributed by atoms with van der Waals surface area (Å²) in [4.78, 5) is 25.7. The van der Waals surface area contributed by atoms with Gasteiger partial charge in [-0.15, -0.1) is 0 Å². The molecular formula is C26H27N5O3. The quantitative estimate of drug-likeness (QED) is 0.424. The van der Waals surface area contributed by atoms with Crippen molar-refractivity contribution in [1.29, 1.82) is 0 Å². The minimum atomic E-state index is -0.442. The molecule has 0 unspecified atom stereocenters. The van der Waals surface area contributed by atoms with E-state index in [1.165, 1.54) is 19.8 Å². The Morgan fingerprint density at radius 2 is 1.82 bits per heavy atom. The maximum Gasteiger partial charge on any atom is 0.337 e. The minimum absolute atomic E-state index is 0.384. The molecule has 1 heterocycles. The Labute approximate surface area is 198 Å². The average Bonchev–Trinajstić information content (AvgIpc) is 2.86. The second-order valence-electron chi connectivity index (χ2n) is 7.94. The zero-order chi connectivity index (χ0) is 24.2. The third kappa shape index (κ3) is 4.47. The lowest BCUT2D eigenvalue weighted by Crippen LogP contribution is -2.20. The van der Waals surface area contributed by atoms with Crippen LogP contribution in [0.2, 0.25) is 0 Å². The summed E-state index contributed by atoms with van der Waals surface area (Å²) in [7, 11) is 4.63. The first-order valence-electron chi connectivity index (χ1n) is 10.9. The molecule has 1 aliphatic carbocycles. The van der Waals surface area contributed by atoms with Crippen LogP contribution in [0.5, 0.6) is 5.75 Å². The molecule has 174 valence electrons. The summed E-state index contributed by atoms with van der Waals surface area (Å²) >= 11 is 0. The number of nitrogens with one attached hydrogen (secondary N) is 1. The molecule has 0 fully saturated rings. The van der Waals surface area contributed by atoms with Crippen molar-refractivity contribution in [1.82, 2.24) is 9.97 Å². The number of rotatable bonds is 6. The molecule has 0 saturated carbocycles. The number of carbonyl (C=O) groups is 1. The highest BCUT2D eigenvalue weighted by Gasteiger charge is 2.25. The number of nitrogens with zero attached hydrogens (tertiary/aromatic N) is 3. The van der Waals surface area contributed by atoms with Crippen LogP contribution in [0.4, 0.5) is 11.6 Å². The second-order valence-corrected chi connectivity index (χ2v) is 7.94. The fourth-order valence-corrected chi connectivity index (χ4v) is 3.93. The number of aliphatic imine (C=N–C) groups is 1. The van der Waals surface area contributed by atoms with Crippen molar-refractivity contribution in [2.24, 2.45) is 10.7 Å². The number of ether oxygens (including phenoxy) is 2. The lowest BCUT2D eigenvalue weighted by Gasteiger charge is -2.22. The van der Waals surface area contributed by atoms with E-state index in [4.69, 9.17) is 20.2 Å². The summed E-state index contributed by atoms with van der Waals surface area (Å²) in [6.45, 7) is 2.05. The first-order chi connectivity index (χ1) is 16.4. The number of benzene rings is 2. The van der Waals surface area contributed by atoms with Crippen molar-refractivity contribution in [3.8, 4) is 5.75 Å². The lowest BCUT2D eigenvalue weighted by molar-refractivity contribution is 0.0600. The van der Waals surface area contributed by atoms with Crippen LogP contribution < -0.4 is 15.8 Å². The lowest BCUT2D eigenvalue weighted by atomic mass is 9.88. The molecule has 0 saturated heterocycles. The first kappa shape index (κ1) is 23.0. The minimum Gasteiger partial charge on any atom is -0.495 e. The van der Waals surface area contributed by atoms with Crippen LogP contribution in [0.1, 0.15) is 39.2 Å². The Bertz CT molecular complexity index is 1300. The molecule has 0 spiro atoms. The molecule has 1 aliphatic rings. The fraction of sp³-hybridized carbons (Fsp3) is 0.231. The third-order valence-corrected chi connectivity index (χ3v) is 5.74. The number of anilines is 2. The first-order valence-corrected chi connectivity index (χ1v) is 10.9. The van der Waals surface area contributed by atoms with Gasteiger partial charge in [-0.25, -0.2) is 14.8 Å². The maximum atomic E-state index is 11.9. The second kappa shape index (κ2) is 9.74. The Balaban J connectivity index is 1.72. The molecule has 3 N–H and O–H groups in total. The predicted octanol–water partition coefficient (Wildman–Crippen LogP) is 4.06. The Morgan fingerprint density at radius 1 is 1.09 bits per heavy atom. The molecular weight excluding hydrogens is 430 g/mol. The number of allylic oxidation sites excluding steroid dienone is 2. The van der Waals surface area contributed by atoms with E-state index in [0.717, 1.165) is 40.2 Å². The molecule has 4 rings (SSSR count). The highest BCUT2D eigenvalue weighted by atomic mass is 16.5. The van der Waals surface area contributed by atoms with Crippen LogP contribution >= 0.6 is 0 Å². The zero-order valence-electron chi connectivity index (χ0n) is 19.7. The summed E-state index contributed by atoms with van der Waals surface area (Å²) in [5.74, 6) is 0.409. The predicted molar refractivity (Wildman–Crippen MR) is 133 cm³/mol. The summed E-state index contributed by atoms with van der Waals surface area (Å²) in [6, 6.07) is 13.2. The van der Waals surface area contributed by atoms with E-state index in [2.05, 4.69) is 27.4 Å². The maximum absolute atomic E-state index is 11.9. The largest absolute Gasteiger partial charge is 0.495 e. The van der Waals surface area contributed by atoms with Gasteiger partial charge in [0.05, 0.1) is 36.9 Å². The van der Waals surface area contributed by atoms with Crippen molar-refractivity contribution >= 4 is 28.9 Å². The summed E-state index contributed by atoms with van der Waals surface area (Å²) < 4.78 is 10.2. The number of esters is 1. The number of hydrogen-bond acceptors (Lipinski definition) is 8. The molecule has 34 heavy (non-hydrogen) atoms. The number of carbonyl (C=O) groups excluding carboxylic acids is 1. The van der Waals surface area contributed by atoms with E-state index in [0.29, 0.717) is 29.4 Å². The number of fused-ring (bicyclic) bond motifs is 1. The molecule has 0 atom stereocenters. The van der Waals surface area contributed by atoms with Crippen molar-refractivity contribution < 1.29 is 14.3 Å². The Morgan fingerprint density at radius 3 is 2.50 bits per heavy atom. The van der Waals surface area contributed by atoms with E-state index in [1.54, 1.807) is 25.2 Å². The van der Waals surface area contributed by atoms with Crippen molar-refractivity contribution in [2.45, 2.75) is 19.8 Å². The molecule has 8 heteroatoms. The van der Waals surface area contributed by atoms with Gasteiger partial charge < -0.3 is 20.5 Å². The van der Waals surface area contributed by atoms with Gasteiger partial charge in [0.15, 0.2) is 0 Å². The van der Waals surface area contributed by atoms with Crippen LogP contribution in [-0.4, -0.2) is 42.9 Å². The van der Waals surface area contributed by atoms with E-state index in [1.807, 2.05) is 25.3 Å². The van der Waals surface area contributed by atoms with Gasteiger partial charge in [0, 0.05) is 30.1 Å². The SMILES string of the molecule is CN=C(C1=C(N)CCc2cnc(Nc3ccc(C(=O)OC)cc3OC)nc21)c1ccc(C)cc1. The molecule has 8 nitrogen and oxygen atoms in total. The van der Waals surface area contributed by atoms with Crippen LogP contribution in [0.25, 0.3) is 5.57 Å². The van der Waals surface area contributed by atoms with Gasteiger partial charge in [-0.1, -0.05) is 29.8 Å². The summed E-state index contributed by atoms with van der Waals surface area (Å²) in [5.41, 5.74) is 13.8. The molecule has 0 amide bonds.